The summed E-state index contributed by atoms with van der Waals surface area (Å²) in [7, 11) is 1.46. The van der Waals surface area contributed by atoms with Crippen LogP contribution in [0, 0.1) is 0 Å². The van der Waals surface area contributed by atoms with E-state index in [1.54, 1.807) is 6.26 Å². The number of carbonyl (C=O) groups is 1. The molecule has 0 fully saturated rings. The first-order valence-electron chi connectivity index (χ1n) is 3.35. The van der Waals surface area contributed by atoms with Gasteiger partial charge in [-0.15, -0.1) is 0 Å². The van der Waals surface area contributed by atoms with E-state index in [0.717, 1.165) is 27.5 Å². The van der Waals surface area contributed by atoms with Crippen molar-refractivity contribution in [3.63, 3.8) is 0 Å². The normalized spacial score (nSPS) is 9.69. The molecule has 0 atom stereocenters. The number of amides is 1. The van der Waals surface area contributed by atoms with Gasteiger partial charge in [0.1, 0.15) is 0 Å². The zero-order chi connectivity index (χ0) is 9.84. The lowest BCUT2D eigenvalue weighted by molar-refractivity contribution is 0.246. The minimum absolute atomic E-state index is 0.381. The van der Waals surface area contributed by atoms with E-state index in [1.165, 1.54) is 13.1 Å². The summed E-state index contributed by atoms with van der Waals surface area (Å²) in [4.78, 5) is 22.2. The molecule has 0 unspecified atom stereocenters. The van der Waals surface area contributed by atoms with Crippen LogP contribution < -0.4 is 15.1 Å². The van der Waals surface area contributed by atoms with Gasteiger partial charge in [0.2, 0.25) is 5.06 Å². The number of hydrogen-bond acceptors (Lipinski definition) is 5. The van der Waals surface area contributed by atoms with E-state index in [0.29, 0.717) is 5.06 Å². The Balaban J connectivity index is 2.96. The number of aromatic nitrogens is 1. The number of rotatable bonds is 2. The molecule has 1 rings (SSSR count). The highest BCUT2D eigenvalue weighted by molar-refractivity contribution is 7.94. The van der Waals surface area contributed by atoms with Crippen molar-refractivity contribution in [2.45, 2.75) is 0 Å². The van der Waals surface area contributed by atoms with Crippen LogP contribution in [0.3, 0.4) is 0 Å². The Labute approximate surface area is 83.1 Å². The summed E-state index contributed by atoms with van der Waals surface area (Å²) < 4.78 is 5.99. The molecule has 1 heterocycles. The van der Waals surface area contributed by atoms with Gasteiger partial charge in [-0.1, -0.05) is 0 Å². The third kappa shape index (κ3) is 2.25. The summed E-state index contributed by atoms with van der Waals surface area (Å²) in [5.41, 5.74) is -0.381. The van der Waals surface area contributed by atoms with Crippen LogP contribution in [0.1, 0.15) is 0 Å². The monoisotopic (exact) mass is 220 g/mol. The fraction of sp³-hybridized carbons (Fsp3) is 0.333. The van der Waals surface area contributed by atoms with Gasteiger partial charge in [-0.2, -0.15) is 3.96 Å². The second kappa shape index (κ2) is 4.33. The summed E-state index contributed by atoms with van der Waals surface area (Å²) in [6, 6.07) is 0.821. The van der Waals surface area contributed by atoms with Crippen LogP contribution in [0.25, 0.3) is 0 Å². The van der Waals surface area contributed by atoms with Crippen LogP contribution >= 0.6 is 23.6 Å². The Morgan fingerprint density at radius 2 is 2.46 bits per heavy atom. The Morgan fingerprint density at radius 1 is 1.77 bits per heavy atom. The van der Waals surface area contributed by atoms with Gasteiger partial charge in [-0.05, 0) is 11.5 Å². The van der Waals surface area contributed by atoms with E-state index in [2.05, 4.69) is 5.32 Å². The zero-order valence-corrected chi connectivity index (χ0v) is 8.70. The van der Waals surface area contributed by atoms with E-state index in [9.17, 15) is 9.59 Å². The molecule has 0 spiro atoms. The largest absolute Gasteiger partial charge is 0.414 e. The SMILES string of the molecule is CNC(=O)n1sc(OSC)cc1=O. The van der Waals surface area contributed by atoms with Crippen molar-refractivity contribution in [2.75, 3.05) is 13.3 Å². The first-order chi connectivity index (χ1) is 6.19. The van der Waals surface area contributed by atoms with Crippen molar-refractivity contribution in [1.82, 2.24) is 9.27 Å². The van der Waals surface area contributed by atoms with Crippen LogP contribution in [0.4, 0.5) is 4.79 Å². The van der Waals surface area contributed by atoms with Crippen molar-refractivity contribution >= 4 is 29.6 Å². The van der Waals surface area contributed by atoms with Gasteiger partial charge in [0.15, 0.2) is 0 Å². The number of nitrogens with one attached hydrogen (secondary N) is 1. The Hall–Kier alpha value is -0.950. The molecule has 0 radical (unpaired) electrons. The molecule has 1 amide bonds. The second-order valence-corrected chi connectivity index (χ2v) is 3.44. The summed E-state index contributed by atoms with van der Waals surface area (Å²) in [6.45, 7) is 0. The summed E-state index contributed by atoms with van der Waals surface area (Å²) in [5, 5.41) is 2.77. The average Bonchev–Trinajstić information content (AvgIpc) is 2.46. The van der Waals surface area contributed by atoms with Gasteiger partial charge in [-0.3, -0.25) is 4.79 Å². The molecule has 0 aliphatic heterocycles. The van der Waals surface area contributed by atoms with Crippen LogP contribution in [0.5, 0.6) is 5.06 Å². The van der Waals surface area contributed by atoms with E-state index >= 15 is 0 Å². The first-order valence-corrected chi connectivity index (χ1v) is 5.27. The molecule has 1 aromatic heterocycles. The number of carbonyl (C=O) groups excluding carboxylic acids is 1. The minimum atomic E-state index is -0.453. The van der Waals surface area contributed by atoms with Crippen LogP contribution in [-0.2, 0) is 0 Å². The molecule has 0 saturated heterocycles. The molecule has 0 aromatic carbocycles. The molecule has 72 valence electrons. The van der Waals surface area contributed by atoms with E-state index in [-0.39, 0.29) is 5.56 Å². The molecule has 1 aromatic rings. The topological polar surface area (TPSA) is 60.3 Å². The maximum Gasteiger partial charge on any atom is 0.338 e. The lowest BCUT2D eigenvalue weighted by Gasteiger charge is -1.95. The van der Waals surface area contributed by atoms with Crippen molar-refractivity contribution in [2.24, 2.45) is 0 Å². The van der Waals surface area contributed by atoms with Gasteiger partial charge in [0.25, 0.3) is 5.56 Å². The zero-order valence-electron chi connectivity index (χ0n) is 7.07. The van der Waals surface area contributed by atoms with Crippen molar-refractivity contribution in [3.05, 3.63) is 16.4 Å². The summed E-state index contributed by atoms with van der Waals surface area (Å²) in [5.74, 6) is 0. The standard InChI is InChI=1S/C6H8N2O3S2/c1-7-6(10)8-4(9)3-5(13-8)11-12-2/h3H,1-2H3,(H,7,10). The van der Waals surface area contributed by atoms with E-state index in [4.69, 9.17) is 4.18 Å². The predicted molar refractivity (Wildman–Crippen MR) is 52.6 cm³/mol. The van der Waals surface area contributed by atoms with Crippen LogP contribution in [-0.4, -0.2) is 23.3 Å². The quantitative estimate of drug-likeness (QED) is 0.747. The molecular weight excluding hydrogens is 212 g/mol. The van der Waals surface area contributed by atoms with E-state index in [1.807, 2.05) is 0 Å². The van der Waals surface area contributed by atoms with Gasteiger partial charge in [0.05, 0.1) is 18.1 Å². The smallest absolute Gasteiger partial charge is 0.338 e. The first kappa shape index (κ1) is 10.1. The Kier molecular flexibility index (Phi) is 3.38. The number of nitrogens with zero attached hydrogens (tertiary/aromatic N) is 1. The molecule has 13 heavy (non-hydrogen) atoms. The lowest BCUT2D eigenvalue weighted by atomic mass is 10.7. The number of hydrogen-bond donors (Lipinski definition) is 1. The highest BCUT2D eigenvalue weighted by atomic mass is 32.2. The fourth-order valence-corrected chi connectivity index (χ4v) is 1.87. The van der Waals surface area contributed by atoms with Gasteiger partial charge in [0, 0.05) is 13.3 Å². The van der Waals surface area contributed by atoms with Crippen molar-refractivity contribution < 1.29 is 8.98 Å². The van der Waals surface area contributed by atoms with Gasteiger partial charge < -0.3 is 9.50 Å². The van der Waals surface area contributed by atoms with Gasteiger partial charge >= 0.3 is 6.03 Å². The summed E-state index contributed by atoms with van der Waals surface area (Å²) >= 11 is 2.09. The minimum Gasteiger partial charge on any atom is -0.414 e. The molecule has 0 aliphatic carbocycles. The highest BCUT2D eigenvalue weighted by Gasteiger charge is 2.10. The maximum absolute atomic E-state index is 11.1. The molecule has 0 bridgehead atoms. The lowest BCUT2D eigenvalue weighted by Crippen LogP contribution is -2.29. The van der Waals surface area contributed by atoms with Crippen LogP contribution in [0.2, 0.25) is 0 Å². The Bertz CT molecular complexity index is 357. The third-order valence-corrected chi connectivity index (χ3v) is 2.55. The Morgan fingerprint density at radius 3 is 3.00 bits per heavy atom. The molecular formula is C6H8N2O3S2. The van der Waals surface area contributed by atoms with E-state index < -0.39 is 6.03 Å². The molecule has 1 N–H and O–H groups in total. The second-order valence-electron chi connectivity index (χ2n) is 1.99. The molecule has 0 saturated carbocycles. The average molecular weight is 220 g/mol. The van der Waals surface area contributed by atoms with Crippen molar-refractivity contribution in [1.29, 1.82) is 0 Å². The van der Waals surface area contributed by atoms with Crippen molar-refractivity contribution in [3.8, 4) is 5.06 Å². The summed E-state index contributed by atoms with van der Waals surface area (Å²) in [6.07, 6.45) is 1.73. The maximum atomic E-state index is 11.1. The van der Waals surface area contributed by atoms with Crippen LogP contribution in [0.15, 0.2) is 10.9 Å². The third-order valence-electron chi connectivity index (χ3n) is 1.19. The molecule has 0 aliphatic rings. The molecule has 7 heteroatoms. The highest BCUT2D eigenvalue weighted by Crippen LogP contribution is 2.18. The molecule has 5 nitrogen and oxygen atoms in total. The fourth-order valence-electron chi connectivity index (χ4n) is 0.685. The van der Waals surface area contributed by atoms with Gasteiger partial charge in [-0.25, -0.2) is 4.79 Å². The predicted octanol–water partition coefficient (Wildman–Crippen LogP) is 0.754.